The van der Waals surface area contributed by atoms with Gasteiger partial charge in [-0.15, -0.1) is 0 Å². The molecule has 1 rings (SSSR count). The highest BCUT2D eigenvalue weighted by Gasteiger charge is 2.18. The Kier molecular flexibility index (Phi) is 3.45. The van der Waals surface area contributed by atoms with Crippen LogP contribution in [-0.4, -0.2) is 12.6 Å². The molecule has 0 aromatic heterocycles. The van der Waals surface area contributed by atoms with Crippen molar-refractivity contribution in [2.45, 2.75) is 46.1 Å². The van der Waals surface area contributed by atoms with E-state index in [2.05, 4.69) is 26.1 Å². The molecule has 0 aliphatic carbocycles. The molecule has 1 aliphatic rings. The summed E-state index contributed by atoms with van der Waals surface area (Å²) >= 11 is 0. The van der Waals surface area contributed by atoms with E-state index < -0.39 is 0 Å². The van der Waals surface area contributed by atoms with E-state index in [1.165, 1.54) is 24.8 Å². The van der Waals surface area contributed by atoms with E-state index in [0.29, 0.717) is 6.04 Å². The van der Waals surface area contributed by atoms with Gasteiger partial charge in [0.1, 0.15) is 6.61 Å². The van der Waals surface area contributed by atoms with Crippen LogP contribution in [0.2, 0.25) is 0 Å². The number of nitrogens with one attached hydrogen (secondary N) is 1. The van der Waals surface area contributed by atoms with Crippen molar-refractivity contribution in [2.24, 2.45) is 0 Å². The van der Waals surface area contributed by atoms with Crippen LogP contribution in [-0.2, 0) is 4.74 Å². The third-order valence-electron chi connectivity index (χ3n) is 2.12. The molecule has 1 N–H and O–H groups in total. The average molecular weight is 169 g/mol. The lowest BCUT2D eigenvalue weighted by Gasteiger charge is -2.06. The molecule has 1 heterocycles. The lowest BCUT2D eigenvalue weighted by atomic mass is 10.1. The van der Waals surface area contributed by atoms with Gasteiger partial charge in [-0.2, -0.15) is 0 Å². The van der Waals surface area contributed by atoms with Crippen molar-refractivity contribution in [3.8, 4) is 0 Å². The first kappa shape index (κ1) is 9.43. The van der Waals surface area contributed by atoms with Crippen LogP contribution in [0.1, 0.15) is 40.0 Å². The topological polar surface area (TPSA) is 21.3 Å². The fraction of sp³-hybridized carbons (Fsp3) is 0.800. The molecule has 1 fully saturated rings. The highest BCUT2D eigenvalue weighted by Crippen LogP contribution is 2.14. The molecule has 0 aromatic carbocycles. The van der Waals surface area contributed by atoms with Crippen LogP contribution in [0.5, 0.6) is 0 Å². The number of hydrogen-bond acceptors (Lipinski definition) is 2. The zero-order chi connectivity index (χ0) is 8.97. The minimum Gasteiger partial charge on any atom is -0.477 e. The molecular weight excluding hydrogens is 150 g/mol. The van der Waals surface area contributed by atoms with Crippen LogP contribution >= 0.6 is 0 Å². The third kappa shape index (κ3) is 2.43. The average Bonchev–Trinajstić information content (AvgIpc) is 2.48. The first-order valence-corrected chi connectivity index (χ1v) is 4.81. The molecule has 2 heteroatoms. The molecule has 0 radical (unpaired) electrons. The second-order valence-electron chi connectivity index (χ2n) is 3.62. The highest BCUT2D eigenvalue weighted by molar-refractivity contribution is 5.05. The fourth-order valence-corrected chi connectivity index (χ4v) is 1.35. The summed E-state index contributed by atoms with van der Waals surface area (Å²) in [6, 6.07) is 0.551. The first-order valence-electron chi connectivity index (χ1n) is 4.81. The summed E-state index contributed by atoms with van der Waals surface area (Å²) < 4.78 is 5.49. The van der Waals surface area contributed by atoms with Gasteiger partial charge < -0.3 is 10.1 Å². The molecule has 1 unspecified atom stereocenters. The van der Waals surface area contributed by atoms with Gasteiger partial charge in [0, 0.05) is 0 Å². The molecular formula is C10H19NO. The molecule has 70 valence electrons. The van der Waals surface area contributed by atoms with Crippen molar-refractivity contribution in [3.05, 3.63) is 11.5 Å². The van der Waals surface area contributed by atoms with E-state index in [1.807, 2.05) is 0 Å². The van der Waals surface area contributed by atoms with Gasteiger partial charge in [0.15, 0.2) is 5.88 Å². The first-order chi connectivity index (χ1) is 5.74. The summed E-state index contributed by atoms with van der Waals surface area (Å²) in [5.41, 5.74) is 1.24. The molecule has 1 saturated heterocycles. The Morgan fingerprint density at radius 1 is 1.58 bits per heavy atom. The van der Waals surface area contributed by atoms with Gasteiger partial charge in [-0.1, -0.05) is 19.8 Å². The monoisotopic (exact) mass is 169 g/mol. The van der Waals surface area contributed by atoms with E-state index in [-0.39, 0.29) is 0 Å². The normalized spacial score (nSPS) is 21.9. The van der Waals surface area contributed by atoms with Crippen LogP contribution in [0, 0.1) is 0 Å². The summed E-state index contributed by atoms with van der Waals surface area (Å²) in [6.07, 6.45) is 3.78. The third-order valence-corrected chi connectivity index (χ3v) is 2.12. The maximum Gasteiger partial charge on any atom is 0.185 e. The number of rotatable bonds is 3. The second-order valence-corrected chi connectivity index (χ2v) is 3.62. The summed E-state index contributed by atoms with van der Waals surface area (Å²) in [6.45, 7) is 7.22. The van der Waals surface area contributed by atoms with Crippen molar-refractivity contribution in [3.63, 3.8) is 0 Å². The van der Waals surface area contributed by atoms with E-state index >= 15 is 0 Å². The Labute approximate surface area is 75.0 Å². The smallest absolute Gasteiger partial charge is 0.185 e. The molecule has 0 saturated carbocycles. The molecule has 0 spiro atoms. The minimum atomic E-state index is 0.551. The minimum absolute atomic E-state index is 0.551. The van der Waals surface area contributed by atoms with Crippen LogP contribution < -0.4 is 5.32 Å². The van der Waals surface area contributed by atoms with Gasteiger partial charge in [-0.05, 0) is 25.8 Å². The van der Waals surface area contributed by atoms with Crippen molar-refractivity contribution in [1.29, 1.82) is 0 Å². The van der Waals surface area contributed by atoms with Crippen LogP contribution in [0.3, 0.4) is 0 Å². The van der Waals surface area contributed by atoms with Gasteiger partial charge in [0.2, 0.25) is 0 Å². The standard InChI is InChI=1S/C10H19NO/c1-4-5-6-9-7-12-10(11-9)8(2)3/h9,11H,4-7H2,1-3H3. The van der Waals surface area contributed by atoms with Gasteiger partial charge in [-0.25, -0.2) is 0 Å². The van der Waals surface area contributed by atoms with E-state index in [4.69, 9.17) is 4.74 Å². The Balaban J connectivity index is 2.31. The Morgan fingerprint density at radius 2 is 2.33 bits per heavy atom. The molecule has 1 aliphatic heterocycles. The molecule has 12 heavy (non-hydrogen) atoms. The molecule has 1 atom stereocenters. The van der Waals surface area contributed by atoms with E-state index in [1.54, 1.807) is 0 Å². The van der Waals surface area contributed by atoms with Crippen molar-refractivity contribution in [2.75, 3.05) is 6.61 Å². The quantitative estimate of drug-likeness (QED) is 0.700. The lowest BCUT2D eigenvalue weighted by molar-refractivity contribution is 0.248. The number of unbranched alkanes of at least 4 members (excludes halogenated alkanes) is 1. The van der Waals surface area contributed by atoms with Gasteiger partial charge in [0.25, 0.3) is 0 Å². The lowest BCUT2D eigenvalue weighted by Crippen LogP contribution is -2.22. The van der Waals surface area contributed by atoms with E-state index in [9.17, 15) is 0 Å². The van der Waals surface area contributed by atoms with Crippen molar-refractivity contribution >= 4 is 0 Å². The predicted octanol–water partition coefficient (Wildman–Crippen LogP) is 2.42. The zero-order valence-electron chi connectivity index (χ0n) is 8.31. The Morgan fingerprint density at radius 3 is 2.83 bits per heavy atom. The number of allylic oxidation sites excluding steroid dienone is 1. The summed E-state index contributed by atoms with van der Waals surface area (Å²) in [4.78, 5) is 0. The molecule has 2 nitrogen and oxygen atoms in total. The van der Waals surface area contributed by atoms with Gasteiger partial charge >= 0.3 is 0 Å². The Hall–Kier alpha value is -0.660. The van der Waals surface area contributed by atoms with Gasteiger partial charge in [-0.3, -0.25) is 0 Å². The summed E-state index contributed by atoms with van der Waals surface area (Å²) in [5, 5.41) is 3.38. The fourth-order valence-electron chi connectivity index (χ4n) is 1.35. The summed E-state index contributed by atoms with van der Waals surface area (Å²) in [7, 11) is 0. The van der Waals surface area contributed by atoms with E-state index in [0.717, 1.165) is 12.5 Å². The SMILES string of the molecule is CCCCC1COC(=C(C)C)N1. The maximum atomic E-state index is 5.49. The molecule has 0 bridgehead atoms. The second kappa shape index (κ2) is 4.39. The van der Waals surface area contributed by atoms with Crippen molar-refractivity contribution in [1.82, 2.24) is 5.32 Å². The zero-order valence-corrected chi connectivity index (χ0v) is 8.31. The highest BCUT2D eigenvalue weighted by atomic mass is 16.5. The van der Waals surface area contributed by atoms with Crippen LogP contribution in [0.4, 0.5) is 0 Å². The maximum absolute atomic E-state index is 5.49. The molecule has 0 aromatic rings. The van der Waals surface area contributed by atoms with Crippen molar-refractivity contribution < 1.29 is 4.74 Å². The molecule has 0 amide bonds. The predicted molar refractivity (Wildman–Crippen MR) is 50.8 cm³/mol. The Bertz CT molecular complexity index is 171. The number of ether oxygens (including phenoxy) is 1. The van der Waals surface area contributed by atoms with Gasteiger partial charge in [0.05, 0.1) is 6.04 Å². The largest absolute Gasteiger partial charge is 0.477 e. The number of hydrogen-bond donors (Lipinski definition) is 1. The van der Waals surface area contributed by atoms with Crippen LogP contribution in [0.15, 0.2) is 11.5 Å². The van der Waals surface area contributed by atoms with Crippen LogP contribution in [0.25, 0.3) is 0 Å². The summed E-state index contributed by atoms with van der Waals surface area (Å²) in [5.74, 6) is 0.996.